The first-order valence-electron chi connectivity index (χ1n) is 7.22. The molecule has 0 saturated heterocycles. The smallest absolute Gasteiger partial charge is 0.367 e. The molecular weight excluding hydrogens is 270 g/mol. The van der Waals surface area contributed by atoms with Gasteiger partial charge < -0.3 is 5.32 Å². The minimum atomic E-state index is -0.607. The molecule has 2 heterocycles. The quantitative estimate of drug-likeness (QED) is 0.894. The van der Waals surface area contributed by atoms with E-state index in [9.17, 15) is 4.79 Å². The molecule has 112 valence electrons. The fourth-order valence-corrected chi connectivity index (χ4v) is 2.47. The summed E-state index contributed by atoms with van der Waals surface area (Å²) < 4.78 is 4.51. The predicted molar refractivity (Wildman–Crippen MR) is 78.0 cm³/mol. The molecule has 0 amide bonds. The maximum absolute atomic E-state index is 11.1. The monoisotopic (exact) mass is 289 g/mol. The Bertz CT molecular complexity index is 702. The Kier molecular flexibility index (Phi) is 3.48. The van der Waals surface area contributed by atoms with Crippen LogP contribution in [-0.2, 0) is 0 Å². The van der Waals surface area contributed by atoms with E-state index >= 15 is 0 Å². The standard InChI is InChI=1S/C14H19N5O2/c1-7-8(2)15-12(13-18-14(20)21-19-13)17-11(7)16-9(3)10-5-4-6-10/h9-10H,4-6H2,1-3H3,(H,15,16,17)(H,18,19,20). The van der Waals surface area contributed by atoms with E-state index in [1.807, 2.05) is 13.8 Å². The summed E-state index contributed by atoms with van der Waals surface area (Å²) in [5.74, 6) is 1.51. The molecule has 1 aliphatic rings. The first kappa shape index (κ1) is 13.8. The number of aromatic nitrogens is 4. The number of rotatable bonds is 4. The second kappa shape index (κ2) is 5.31. The average Bonchev–Trinajstić information content (AvgIpc) is 2.79. The second-order valence-electron chi connectivity index (χ2n) is 5.67. The summed E-state index contributed by atoms with van der Waals surface area (Å²) in [5, 5.41) is 7.11. The van der Waals surface area contributed by atoms with Gasteiger partial charge in [0.15, 0.2) is 0 Å². The summed E-state index contributed by atoms with van der Waals surface area (Å²) in [6, 6.07) is 0.371. The lowest BCUT2D eigenvalue weighted by atomic mass is 9.80. The van der Waals surface area contributed by atoms with Gasteiger partial charge in [-0.2, -0.15) is 0 Å². The van der Waals surface area contributed by atoms with Gasteiger partial charge in [0, 0.05) is 17.3 Å². The van der Waals surface area contributed by atoms with E-state index in [4.69, 9.17) is 0 Å². The largest absolute Gasteiger partial charge is 0.439 e. The van der Waals surface area contributed by atoms with Crippen LogP contribution in [0.2, 0.25) is 0 Å². The van der Waals surface area contributed by atoms with Crippen LogP contribution in [0.25, 0.3) is 11.6 Å². The predicted octanol–water partition coefficient (Wildman–Crippen LogP) is 2.04. The molecule has 2 N–H and O–H groups in total. The van der Waals surface area contributed by atoms with Crippen LogP contribution in [-0.4, -0.2) is 26.2 Å². The van der Waals surface area contributed by atoms with Crippen molar-refractivity contribution in [3.05, 3.63) is 21.8 Å². The molecule has 0 spiro atoms. The lowest BCUT2D eigenvalue weighted by molar-refractivity contribution is 0.285. The van der Waals surface area contributed by atoms with Crippen LogP contribution in [0.4, 0.5) is 5.82 Å². The highest BCUT2D eigenvalue weighted by Crippen LogP contribution is 2.31. The van der Waals surface area contributed by atoms with Gasteiger partial charge >= 0.3 is 5.76 Å². The highest BCUT2D eigenvalue weighted by Gasteiger charge is 2.25. The third kappa shape index (κ3) is 2.68. The van der Waals surface area contributed by atoms with Crippen molar-refractivity contribution in [2.75, 3.05) is 5.32 Å². The molecule has 1 aliphatic carbocycles. The van der Waals surface area contributed by atoms with Crippen LogP contribution in [0.1, 0.15) is 37.4 Å². The Hall–Kier alpha value is -2.18. The van der Waals surface area contributed by atoms with Crippen molar-refractivity contribution in [1.82, 2.24) is 20.1 Å². The number of aryl methyl sites for hydroxylation is 1. The van der Waals surface area contributed by atoms with Crippen molar-refractivity contribution >= 4 is 5.82 Å². The Morgan fingerprint density at radius 3 is 2.67 bits per heavy atom. The molecule has 7 nitrogen and oxygen atoms in total. The van der Waals surface area contributed by atoms with E-state index in [-0.39, 0.29) is 5.82 Å². The molecular formula is C14H19N5O2. The summed E-state index contributed by atoms with van der Waals surface area (Å²) in [6.45, 7) is 6.08. The summed E-state index contributed by atoms with van der Waals surface area (Å²) in [7, 11) is 0. The lowest BCUT2D eigenvalue weighted by Crippen LogP contribution is -2.31. The fourth-order valence-electron chi connectivity index (χ4n) is 2.47. The highest BCUT2D eigenvalue weighted by molar-refractivity contribution is 5.53. The van der Waals surface area contributed by atoms with Gasteiger partial charge in [0.25, 0.3) is 0 Å². The van der Waals surface area contributed by atoms with Crippen LogP contribution >= 0.6 is 0 Å². The molecule has 0 aromatic carbocycles. The van der Waals surface area contributed by atoms with Crippen LogP contribution in [0, 0.1) is 19.8 Å². The Balaban J connectivity index is 1.91. The van der Waals surface area contributed by atoms with Gasteiger partial charge in [0.05, 0.1) is 0 Å². The highest BCUT2D eigenvalue weighted by atomic mass is 16.5. The molecule has 1 saturated carbocycles. The molecule has 1 unspecified atom stereocenters. The molecule has 2 aromatic rings. The first-order valence-corrected chi connectivity index (χ1v) is 7.22. The van der Waals surface area contributed by atoms with Gasteiger partial charge in [-0.05, 0) is 39.5 Å². The zero-order valence-corrected chi connectivity index (χ0v) is 12.4. The van der Waals surface area contributed by atoms with Gasteiger partial charge in [-0.25, -0.2) is 14.8 Å². The topological polar surface area (TPSA) is 96.7 Å². The van der Waals surface area contributed by atoms with Crippen molar-refractivity contribution in [3.63, 3.8) is 0 Å². The minimum absolute atomic E-state index is 0.252. The Morgan fingerprint density at radius 1 is 1.33 bits per heavy atom. The SMILES string of the molecule is Cc1nc(-c2noc(=O)[nH]2)nc(NC(C)C2CCC2)c1C. The molecule has 1 fully saturated rings. The summed E-state index contributed by atoms with van der Waals surface area (Å²) >= 11 is 0. The average molecular weight is 289 g/mol. The van der Waals surface area contributed by atoms with E-state index in [0.29, 0.717) is 17.8 Å². The number of nitrogens with one attached hydrogen (secondary N) is 2. The lowest BCUT2D eigenvalue weighted by Gasteiger charge is -2.32. The summed E-state index contributed by atoms with van der Waals surface area (Å²) in [5.41, 5.74) is 1.86. The molecule has 0 radical (unpaired) electrons. The minimum Gasteiger partial charge on any atom is -0.367 e. The van der Waals surface area contributed by atoms with Gasteiger partial charge in [-0.15, -0.1) is 0 Å². The number of hydrogen-bond acceptors (Lipinski definition) is 6. The van der Waals surface area contributed by atoms with E-state index in [1.165, 1.54) is 19.3 Å². The third-order valence-corrected chi connectivity index (χ3v) is 4.26. The zero-order valence-electron chi connectivity index (χ0n) is 12.4. The molecule has 0 bridgehead atoms. The molecule has 0 aliphatic heterocycles. The maximum Gasteiger partial charge on any atom is 0.439 e. The fraction of sp³-hybridized carbons (Fsp3) is 0.571. The Morgan fingerprint density at radius 2 is 2.10 bits per heavy atom. The van der Waals surface area contributed by atoms with Gasteiger partial charge in [0.1, 0.15) is 5.82 Å². The summed E-state index contributed by atoms with van der Waals surface area (Å²) in [4.78, 5) is 22.4. The number of nitrogens with zero attached hydrogens (tertiary/aromatic N) is 3. The Labute approximate surface area is 122 Å². The van der Waals surface area contributed by atoms with E-state index in [2.05, 4.69) is 36.9 Å². The summed E-state index contributed by atoms with van der Waals surface area (Å²) in [6.07, 6.45) is 3.84. The van der Waals surface area contributed by atoms with Crippen LogP contribution in [0.3, 0.4) is 0 Å². The number of H-pyrrole nitrogens is 1. The van der Waals surface area contributed by atoms with Crippen molar-refractivity contribution in [1.29, 1.82) is 0 Å². The zero-order chi connectivity index (χ0) is 15.0. The molecule has 1 atom stereocenters. The molecule has 21 heavy (non-hydrogen) atoms. The third-order valence-electron chi connectivity index (χ3n) is 4.26. The molecule has 7 heteroatoms. The maximum atomic E-state index is 11.1. The molecule has 3 rings (SSSR count). The van der Waals surface area contributed by atoms with Crippen LogP contribution < -0.4 is 11.1 Å². The molecule has 2 aromatic heterocycles. The van der Waals surface area contributed by atoms with Crippen molar-refractivity contribution < 1.29 is 4.52 Å². The van der Waals surface area contributed by atoms with E-state index < -0.39 is 5.76 Å². The van der Waals surface area contributed by atoms with Crippen molar-refractivity contribution in [2.45, 2.75) is 46.1 Å². The normalized spacial score (nSPS) is 16.5. The van der Waals surface area contributed by atoms with Gasteiger partial charge in [0.2, 0.25) is 11.6 Å². The van der Waals surface area contributed by atoms with Gasteiger partial charge in [-0.1, -0.05) is 11.6 Å². The van der Waals surface area contributed by atoms with Crippen LogP contribution in [0.5, 0.6) is 0 Å². The first-order chi connectivity index (χ1) is 10.0. The van der Waals surface area contributed by atoms with Crippen molar-refractivity contribution in [3.8, 4) is 11.6 Å². The van der Waals surface area contributed by atoms with E-state index in [1.54, 1.807) is 0 Å². The van der Waals surface area contributed by atoms with Crippen LogP contribution in [0.15, 0.2) is 9.32 Å². The van der Waals surface area contributed by atoms with Crippen molar-refractivity contribution in [2.24, 2.45) is 5.92 Å². The number of aromatic amines is 1. The number of hydrogen-bond donors (Lipinski definition) is 2. The second-order valence-corrected chi connectivity index (χ2v) is 5.67. The van der Waals surface area contributed by atoms with E-state index in [0.717, 1.165) is 17.1 Å². The number of anilines is 1. The van der Waals surface area contributed by atoms with Gasteiger partial charge in [-0.3, -0.25) is 9.51 Å².